The van der Waals surface area contributed by atoms with Gasteiger partial charge >= 0.3 is 0 Å². The first-order chi connectivity index (χ1) is 17.5. The van der Waals surface area contributed by atoms with Crippen LogP contribution in [0.2, 0.25) is 0 Å². The molecule has 1 atom stereocenters. The molecule has 3 amide bonds. The van der Waals surface area contributed by atoms with Gasteiger partial charge in [0.25, 0.3) is 5.69 Å². The molecule has 0 aliphatic carbocycles. The highest BCUT2D eigenvalue weighted by Gasteiger charge is 2.36. The summed E-state index contributed by atoms with van der Waals surface area (Å²) in [4.78, 5) is 54.8. The third kappa shape index (κ3) is 6.76. The fraction of sp³-hybridized carbons (Fsp3) is 0.370. The second-order valence-electron chi connectivity index (χ2n) is 9.36. The zero-order chi connectivity index (χ0) is 27.3. The molecule has 0 aromatic heterocycles. The van der Waals surface area contributed by atoms with Crippen molar-refractivity contribution < 1.29 is 19.3 Å². The molecular weight excluding hydrogens is 492 g/mol. The number of amides is 3. The topological polar surface area (TPSA) is 104 Å². The van der Waals surface area contributed by atoms with Gasteiger partial charge in [0, 0.05) is 51.1 Å². The second kappa shape index (κ2) is 12.1. The molecular formula is C27H32N4O5S. The van der Waals surface area contributed by atoms with Gasteiger partial charge in [0.15, 0.2) is 0 Å². The molecule has 3 rings (SSSR count). The lowest BCUT2D eigenvalue weighted by atomic mass is 10.0. The Morgan fingerprint density at radius 2 is 1.81 bits per heavy atom. The second-order valence-corrected chi connectivity index (χ2v) is 10.4. The first-order valence-corrected chi connectivity index (χ1v) is 12.8. The van der Waals surface area contributed by atoms with Crippen molar-refractivity contribution in [1.29, 1.82) is 0 Å². The van der Waals surface area contributed by atoms with Crippen LogP contribution in [0.5, 0.6) is 0 Å². The van der Waals surface area contributed by atoms with Gasteiger partial charge in [-0.3, -0.25) is 24.5 Å². The minimum absolute atomic E-state index is 0.0372. The molecule has 1 aliphatic heterocycles. The summed E-state index contributed by atoms with van der Waals surface area (Å²) in [5.41, 5.74) is 1.60. The van der Waals surface area contributed by atoms with Gasteiger partial charge in [-0.1, -0.05) is 49.9 Å². The fourth-order valence-corrected chi connectivity index (χ4v) is 5.36. The maximum Gasteiger partial charge on any atom is 0.283 e. The Bertz CT molecular complexity index is 1230. The van der Waals surface area contributed by atoms with Gasteiger partial charge in [-0.05, 0) is 35.3 Å². The van der Waals surface area contributed by atoms with Crippen LogP contribution in [0.4, 0.5) is 5.69 Å². The standard InChI is InChI=1S/C27H32N4O5S/c1-18(2)21-8-6-7-9-24(21)37-25-12-10-20(16-22(25)31(35)36)11-13-26(33)29-14-15-30(19(3)32)23(17-29)27(34)28(4)5/h6-13,16,18,23H,14-15,17H2,1-5H3/b13-11+. The summed E-state index contributed by atoms with van der Waals surface area (Å²) < 4.78 is 0. The van der Waals surface area contributed by atoms with Crippen LogP contribution in [0.1, 0.15) is 37.8 Å². The molecule has 9 nitrogen and oxygen atoms in total. The average molecular weight is 525 g/mol. The van der Waals surface area contributed by atoms with Crippen LogP contribution in [0.3, 0.4) is 0 Å². The Kier molecular flexibility index (Phi) is 9.09. The van der Waals surface area contributed by atoms with E-state index < -0.39 is 11.0 Å². The highest BCUT2D eigenvalue weighted by atomic mass is 32.2. The first kappa shape index (κ1) is 27.9. The van der Waals surface area contributed by atoms with Gasteiger partial charge in [-0.2, -0.15) is 0 Å². The summed E-state index contributed by atoms with van der Waals surface area (Å²) in [7, 11) is 3.22. The number of benzene rings is 2. The van der Waals surface area contributed by atoms with Crippen LogP contribution in [0.25, 0.3) is 6.08 Å². The third-order valence-corrected chi connectivity index (χ3v) is 7.34. The van der Waals surface area contributed by atoms with Crippen molar-refractivity contribution in [2.45, 2.75) is 42.5 Å². The van der Waals surface area contributed by atoms with E-state index in [0.717, 1.165) is 10.5 Å². The molecule has 2 aromatic carbocycles. The van der Waals surface area contributed by atoms with Gasteiger partial charge in [0.05, 0.1) is 16.4 Å². The number of nitro groups is 1. The molecule has 37 heavy (non-hydrogen) atoms. The van der Waals surface area contributed by atoms with Gasteiger partial charge in [0.2, 0.25) is 17.7 Å². The van der Waals surface area contributed by atoms with E-state index in [-0.39, 0.29) is 42.4 Å². The highest BCUT2D eigenvalue weighted by molar-refractivity contribution is 7.99. The van der Waals surface area contributed by atoms with E-state index in [0.29, 0.717) is 17.0 Å². The average Bonchev–Trinajstić information content (AvgIpc) is 2.86. The highest BCUT2D eigenvalue weighted by Crippen LogP contribution is 2.39. The summed E-state index contributed by atoms with van der Waals surface area (Å²) in [6.45, 7) is 6.21. The quantitative estimate of drug-likeness (QED) is 0.308. The van der Waals surface area contributed by atoms with E-state index in [4.69, 9.17) is 0 Å². The summed E-state index contributed by atoms with van der Waals surface area (Å²) in [5, 5.41) is 11.8. The summed E-state index contributed by atoms with van der Waals surface area (Å²) in [6.07, 6.45) is 2.88. The van der Waals surface area contributed by atoms with Gasteiger partial charge in [-0.25, -0.2) is 0 Å². The van der Waals surface area contributed by atoms with E-state index in [2.05, 4.69) is 13.8 Å². The van der Waals surface area contributed by atoms with Crippen LogP contribution in [0, 0.1) is 10.1 Å². The number of likely N-dealkylation sites (N-methyl/N-ethyl adjacent to an activating group) is 1. The van der Waals surface area contributed by atoms with Crippen LogP contribution in [-0.2, 0) is 14.4 Å². The minimum atomic E-state index is -0.746. The van der Waals surface area contributed by atoms with Crippen molar-refractivity contribution in [3.8, 4) is 0 Å². The predicted molar refractivity (Wildman–Crippen MR) is 143 cm³/mol. The Balaban J connectivity index is 1.78. The van der Waals surface area contributed by atoms with Crippen molar-refractivity contribution in [3.63, 3.8) is 0 Å². The zero-order valence-electron chi connectivity index (χ0n) is 21.7. The lowest BCUT2D eigenvalue weighted by Gasteiger charge is -2.40. The lowest BCUT2D eigenvalue weighted by molar-refractivity contribution is -0.387. The van der Waals surface area contributed by atoms with E-state index in [1.165, 1.54) is 51.6 Å². The number of piperazine rings is 1. The molecule has 1 fully saturated rings. The number of hydrogen-bond acceptors (Lipinski definition) is 6. The Morgan fingerprint density at radius 1 is 1.11 bits per heavy atom. The normalized spacial score (nSPS) is 15.8. The number of rotatable bonds is 7. The molecule has 196 valence electrons. The Morgan fingerprint density at radius 3 is 2.43 bits per heavy atom. The first-order valence-electron chi connectivity index (χ1n) is 12.0. The number of carbonyl (C=O) groups excluding carboxylic acids is 3. The van der Waals surface area contributed by atoms with Gasteiger partial charge < -0.3 is 14.7 Å². The van der Waals surface area contributed by atoms with Crippen LogP contribution in [-0.4, -0.2) is 77.1 Å². The third-order valence-electron chi connectivity index (χ3n) is 6.18. The Hall–Kier alpha value is -3.66. The predicted octanol–water partition coefficient (Wildman–Crippen LogP) is 4.03. The van der Waals surface area contributed by atoms with Crippen molar-refractivity contribution in [1.82, 2.24) is 14.7 Å². The summed E-state index contributed by atoms with van der Waals surface area (Å²) in [6, 6.07) is 12.0. The molecule has 0 N–H and O–H groups in total. The number of nitro benzene ring substituents is 1. The number of carbonyl (C=O) groups is 3. The molecule has 1 unspecified atom stereocenters. The van der Waals surface area contributed by atoms with Crippen molar-refractivity contribution >= 4 is 41.2 Å². The monoisotopic (exact) mass is 524 g/mol. The number of nitrogens with zero attached hydrogens (tertiary/aromatic N) is 4. The molecule has 1 heterocycles. The van der Waals surface area contributed by atoms with Crippen LogP contribution >= 0.6 is 11.8 Å². The minimum Gasteiger partial charge on any atom is -0.347 e. The van der Waals surface area contributed by atoms with E-state index in [9.17, 15) is 24.5 Å². The zero-order valence-corrected chi connectivity index (χ0v) is 22.5. The largest absolute Gasteiger partial charge is 0.347 e. The molecule has 0 bridgehead atoms. The van der Waals surface area contributed by atoms with Crippen LogP contribution < -0.4 is 0 Å². The van der Waals surface area contributed by atoms with Gasteiger partial charge in [0.1, 0.15) is 6.04 Å². The molecule has 0 spiro atoms. The summed E-state index contributed by atoms with van der Waals surface area (Å²) in [5.74, 6) is -0.517. The van der Waals surface area contributed by atoms with E-state index in [1.807, 2.05) is 24.3 Å². The molecule has 0 radical (unpaired) electrons. The SMILES string of the molecule is CC(=O)N1CCN(C(=O)/C=C/c2ccc(Sc3ccccc3C(C)C)c([N+](=O)[O-])c2)CC1C(=O)N(C)C. The Labute approximate surface area is 221 Å². The lowest BCUT2D eigenvalue weighted by Crippen LogP contribution is -2.60. The maximum absolute atomic E-state index is 12.9. The van der Waals surface area contributed by atoms with Crippen LogP contribution in [0.15, 0.2) is 58.3 Å². The van der Waals surface area contributed by atoms with Crippen molar-refractivity contribution in [2.24, 2.45) is 0 Å². The maximum atomic E-state index is 12.9. The smallest absolute Gasteiger partial charge is 0.283 e. The number of hydrogen-bond donors (Lipinski definition) is 0. The van der Waals surface area contributed by atoms with Gasteiger partial charge in [-0.15, -0.1) is 0 Å². The molecule has 10 heteroatoms. The molecule has 1 saturated heterocycles. The van der Waals surface area contributed by atoms with Crippen molar-refractivity contribution in [2.75, 3.05) is 33.7 Å². The fourth-order valence-electron chi connectivity index (χ4n) is 4.18. The van der Waals surface area contributed by atoms with E-state index >= 15 is 0 Å². The molecule has 0 saturated carbocycles. The molecule has 1 aliphatic rings. The van der Waals surface area contributed by atoms with Crippen molar-refractivity contribution in [3.05, 3.63) is 69.8 Å². The molecule has 2 aromatic rings. The summed E-state index contributed by atoms with van der Waals surface area (Å²) >= 11 is 1.35. The van der Waals surface area contributed by atoms with E-state index in [1.54, 1.807) is 26.2 Å².